The van der Waals surface area contributed by atoms with E-state index in [0.717, 1.165) is 0 Å². The Kier molecular flexibility index (Phi) is 8.77. The van der Waals surface area contributed by atoms with Crippen molar-refractivity contribution in [2.24, 2.45) is 0 Å². The van der Waals surface area contributed by atoms with Crippen molar-refractivity contribution in [3.63, 3.8) is 0 Å². The molecule has 0 radical (unpaired) electrons. The minimum Gasteiger partial charge on any atom is -1.00 e. The van der Waals surface area contributed by atoms with Gasteiger partial charge >= 0.3 is 23.1 Å². The average Bonchev–Trinajstić information content (AvgIpc) is 1.69. The normalized spacial score (nSPS) is 6.78. The van der Waals surface area contributed by atoms with Crippen LogP contribution in [0, 0.1) is 11.9 Å². The summed E-state index contributed by atoms with van der Waals surface area (Å²) >= 11 is 0. The van der Waals surface area contributed by atoms with Gasteiger partial charge in [-0.2, -0.15) is 18.2 Å². The molecule has 3 heteroatoms. The maximum atomic E-state index is 11.9. The Morgan fingerprint density at radius 2 is 2.11 bits per heavy atom. The molecule has 0 aromatic heterocycles. The minimum atomic E-state index is -0.234. The molecule has 0 aliphatic rings. The maximum Gasteiger partial charge on any atom is 2.00 e. The van der Waals surface area contributed by atoms with E-state index in [9.17, 15) is 4.39 Å². The smallest absolute Gasteiger partial charge is 1.00 e. The summed E-state index contributed by atoms with van der Waals surface area (Å²) in [6.07, 6.45) is 0. The number of hydrogen-bond acceptors (Lipinski definition) is 0. The molecule has 0 N–H and O–H groups in total. The second-order valence-corrected chi connectivity index (χ2v) is 1.22. The van der Waals surface area contributed by atoms with Crippen molar-refractivity contribution >= 4 is 23.1 Å². The predicted molar refractivity (Wildman–Crippen MR) is 31.0 cm³/mol. The van der Waals surface area contributed by atoms with Gasteiger partial charge < -0.3 is 17.0 Å². The molecule has 1 aromatic carbocycles. The van der Waals surface area contributed by atoms with Crippen LogP contribution in [0.1, 0.15) is 0 Å². The van der Waals surface area contributed by atoms with Gasteiger partial charge in [-0.05, 0) is 0 Å². The van der Waals surface area contributed by atoms with E-state index in [-0.39, 0.29) is 45.9 Å². The van der Waals surface area contributed by atoms with Crippen molar-refractivity contribution < 1.29 is 21.4 Å². The number of halogens is 2. The third-order valence-corrected chi connectivity index (χ3v) is 0.669. The van der Waals surface area contributed by atoms with E-state index in [0.29, 0.717) is 0 Å². The Morgan fingerprint density at radius 1 is 1.44 bits per heavy atom. The summed E-state index contributed by atoms with van der Waals surface area (Å²) in [5.74, 6) is -0.234. The maximum absolute atomic E-state index is 11.9. The Balaban J connectivity index is 0. The molecule has 9 heavy (non-hydrogen) atoms. The van der Waals surface area contributed by atoms with Gasteiger partial charge in [-0.15, -0.1) is 12.1 Å². The number of hydrogen-bond donors (Lipinski definition) is 0. The molecule has 1 aromatic rings. The van der Waals surface area contributed by atoms with Gasteiger partial charge in [-0.1, -0.05) is 0 Å². The zero-order valence-corrected chi connectivity index (χ0v) is 7.77. The van der Waals surface area contributed by atoms with E-state index in [4.69, 9.17) is 0 Å². The fourth-order valence-electron chi connectivity index (χ4n) is 0.371. The van der Waals surface area contributed by atoms with E-state index in [2.05, 4.69) is 6.07 Å². The summed E-state index contributed by atoms with van der Waals surface area (Å²) in [4.78, 5) is 0. The first-order valence-corrected chi connectivity index (χ1v) is 2.01. The quantitative estimate of drug-likeness (QED) is 0.343. The topological polar surface area (TPSA) is 0 Å². The molecule has 0 saturated carbocycles. The van der Waals surface area contributed by atoms with Crippen LogP contribution in [0.15, 0.2) is 24.3 Å². The van der Waals surface area contributed by atoms with Crippen LogP contribution in [0.4, 0.5) is 4.39 Å². The molecule has 0 atom stereocenters. The van der Waals surface area contributed by atoms with Crippen molar-refractivity contribution in [3.8, 4) is 0 Å². The van der Waals surface area contributed by atoms with Crippen LogP contribution in [0.3, 0.4) is 0 Å². The summed E-state index contributed by atoms with van der Waals surface area (Å²) in [5, 5.41) is 0. The Bertz CT molecular complexity index is 143. The Hall–Kier alpha value is 0.396. The van der Waals surface area contributed by atoms with Crippen LogP contribution >= 0.6 is 0 Å². The number of benzene rings is 1. The van der Waals surface area contributed by atoms with E-state index in [1.807, 2.05) is 0 Å². The Labute approximate surface area is 80.4 Å². The summed E-state index contributed by atoms with van der Waals surface area (Å²) in [6.45, 7) is 0. The zero-order chi connectivity index (χ0) is 5.11. The molecule has 0 aliphatic carbocycles. The second-order valence-electron chi connectivity index (χ2n) is 1.22. The van der Waals surface area contributed by atoms with Gasteiger partial charge in [0.1, 0.15) is 0 Å². The molecule has 0 heterocycles. The third kappa shape index (κ3) is 4.87. The van der Waals surface area contributed by atoms with Crippen molar-refractivity contribution in [1.82, 2.24) is 0 Å². The fourth-order valence-corrected chi connectivity index (χ4v) is 0.371. The second kappa shape index (κ2) is 6.52. The van der Waals surface area contributed by atoms with Crippen molar-refractivity contribution in [2.45, 2.75) is 0 Å². The van der Waals surface area contributed by atoms with Crippen LogP contribution in [-0.4, -0.2) is 23.1 Å². The molecule has 44 valence electrons. The summed E-state index contributed by atoms with van der Waals surface area (Å²) in [7, 11) is 0. The third-order valence-electron chi connectivity index (χ3n) is 0.669. The van der Waals surface area contributed by atoms with Gasteiger partial charge in [0.2, 0.25) is 0 Å². The summed E-state index contributed by atoms with van der Waals surface area (Å²) in [6, 6.07) is 8.53. The predicted octanol–water partition coefficient (Wildman–Crippen LogP) is -1.75. The van der Waals surface area contributed by atoms with E-state index in [1.165, 1.54) is 12.1 Å². The van der Waals surface area contributed by atoms with Gasteiger partial charge in [-0.25, -0.2) is 0 Å². The number of rotatable bonds is 0. The minimum absolute atomic E-state index is 0. The molecule has 0 nitrogen and oxygen atoms in total. The van der Waals surface area contributed by atoms with Gasteiger partial charge in [0.25, 0.3) is 0 Å². The molecular formula is C6H4BrFMg. The fraction of sp³-hybridized carbons (Fsp3) is 0. The van der Waals surface area contributed by atoms with Crippen LogP contribution in [0.25, 0.3) is 0 Å². The van der Waals surface area contributed by atoms with Gasteiger partial charge in [-0.3, -0.25) is 4.39 Å². The first kappa shape index (κ1) is 12.1. The van der Waals surface area contributed by atoms with Crippen LogP contribution in [0.2, 0.25) is 0 Å². The van der Waals surface area contributed by atoms with E-state index >= 15 is 0 Å². The average molecular weight is 199 g/mol. The zero-order valence-electron chi connectivity index (χ0n) is 4.77. The van der Waals surface area contributed by atoms with Gasteiger partial charge in [0.05, 0.1) is 0 Å². The SMILES string of the molecule is Fc1c[c-]ccc1.[Br-].[Mg+2]. The largest absolute Gasteiger partial charge is 2.00 e. The molecule has 0 fully saturated rings. The molecule has 0 unspecified atom stereocenters. The molecule has 0 bridgehead atoms. The van der Waals surface area contributed by atoms with Crippen LogP contribution in [0.5, 0.6) is 0 Å². The molecule has 0 saturated heterocycles. The van der Waals surface area contributed by atoms with Gasteiger partial charge in [0, 0.05) is 5.82 Å². The molecule has 0 aliphatic heterocycles. The molecule has 1 rings (SSSR count). The summed E-state index contributed by atoms with van der Waals surface area (Å²) < 4.78 is 11.9. The Morgan fingerprint density at radius 3 is 2.33 bits per heavy atom. The summed E-state index contributed by atoms with van der Waals surface area (Å²) in [5.41, 5.74) is 0. The first-order chi connectivity index (χ1) is 3.39. The van der Waals surface area contributed by atoms with Crippen molar-refractivity contribution in [3.05, 3.63) is 36.1 Å². The van der Waals surface area contributed by atoms with E-state index in [1.54, 1.807) is 12.1 Å². The van der Waals surface area contributed by atoms with Crippen molar-refractivity contribution in [1.29, 1.82) is 0 Å². The van der Waals surface area contributed by atoms with Crippen molar-refractivity contribution in [2.75, 3.05) is 0 Å². The first-order valence-electron chi connectivity index (χ1n) is 2.01. The van der Waals surface area contributed by atoms with Crippen LogP contribution < -0.4 is 17.0 Å². The van der Waals surface area contributed by atoms with Gasteiger partial charge in [0.15, 0.2) is 0 Å². The standard InChI is InChI=1S/C6H4F.BrH.Mg/c7-6-4-2-1-3-5-6;;/h1-2,4-5H;1H;/q-1;;+2/p-1. The monoisotopic (exact) mass is 198 g/mol. The molecule has 0 spiro atoms. The van der Waals surface area contributed by atoms with E-state index < -0.39 is 0 Å². The molecule has 0 amide bonds. The van der Waals surface area contributed by atoms with Crippen LogP contribution in [-0.2, 0) is 0 Å². The molecular weight excluding hydrogens is 195 g/mol.